The van der Waals surface area contributed by atoms with Gasteiger partial charge in [-0.15, -0.1) is 0 Å². The molecule has 1 aliphatic carbocycles. The van der Waals surface area contributed by atoms with Crippen molar-refractivity contribution in [1.82, 2.24) is 10.2 Å². The first kappa shape index (κ1) is 13.3. The van der Waals surface area contributed by atoms with Crippen molar-refractivity contribution in [2.45, 2.75) is 44.6 Å². The highest BCUT2D eigenvalue weighted by Gasteiger charge is 2.27. The highest BCUT2D eigenvalue weighted by atomic mass is 16.4. The van der Waals surface area contributed by atoms with E-state index in [-0.39, 0.29) is 11.8 Å². The number of carboxylic acid groups (broad SMARTS) is 1. The van der Waals surface area contributed by atoms with E-state index in [1.165, 1.54) is 12.8 Å². The predicted octanol–water partition coefficient (Wildman–Crippen LogP) is 0.842. The maximum absolute atomic E-state index is 11.8. The highest BCUT2D eigenvalue weighted by molar-refractivity contribution is 5.78. The van der Waals surface area contributed by atoms with Gasteiger partial charge in [0, 0.05) is 12.6 Å². The van der Waals surface area contributed by atoms with Crippen LogP contribution in [0.4, 0.5) is 0 Å². The molecule has 0 aromatic heterocycles. The third-order valence-corrected chi connectivity index (χ3v) is 3.94. The third kappa shape index (κ3) is 3.70. The van der Waals surface area contributed by atoms with Crippen LogP contribution in [0.3, 0.4) is 0 Å². The number of nitrogens with one attached hydrogen (secondary N) is 1. The van der Waals surface area contributed by atoms with Gasteiger partial charge in [0.15, 0.2) is 0 Å². The summed E-state index contributed by atoms with van der Waals surface area (Å²) in [6.45, 7) is 1.69. The summed E-state index contributed by atoms with van der Waals surface area (Å²) in [4.78, 5) is 24.7. The van der Waals surface area contributed by atoms with Crippen LogP contribution in [-0.2, 0) is 9.59 Å². The lowest BCUT2D eigenvalue weighted by atomic mass is 9.98. The average molecular weight is 254 g/mol. The van der Waals surface area contributed by atoms with Crippen molar-refractivity contribution in [3.05, 3.63) is 0 Å². The van der Waals surface area contributed by atoms with E-state index in [1.807, 2.05) is 4.90 Å². The van der Waals surface area contributed by atoms with E-state index >= 15 is 0 Å². The van der Waals surface area contributed by atoms with E-state index in [1.54, 1.807) is 0 Å². The van der Waals surface area contributed by atoms with Crippen molar-refractivity contribution in [1.29, 1.82) is 0 Å². The summed E-state index contributed by atoms with van der Waals surface area (Å²) < 4.78 is 0. The summed E-state index contributed by atoms with van der Waals surface area (Å²) in [7, 11) is 0. The molecule has 5 heteroatoms. The minimum absolute atomic E-state index is 0.0490. The summed E-state index contributed by atoms with van der Waals surface area (Å²) >= 11 is 0. The van der Waals surface area contributed by atoms with Crippen LogP contribution >= 0.6 is 0 Å². The molecule has 0 radical (unpaired) electrons. The molecule has 1 saturated carbocycles. The summed E-state index contributed by atoms with van der Waals surface area (Å²) in [5, 5.41) is 12.0. The Bertz CT molecular complexity index is 313. The fourth-order valence-corrected chi connectivity index (χ4v) is 2.95. The maximum atomic E-state index is 11.8. The van der Waals surface area contributed by atoms with Gasteiger partial charge in [-0.2, -0.15) is 0 Å². The highest BCUT2D eigenvalue weighted by Crippen LogP contribution is 2.18. The number of carbonyl (C=O) groups is 2. The van der Waals surface area contributed by atoms with Gasteiger partial charge in [0.1, 0.15) is 0 Å². The minimum atomic E-state index is -0.740. The Morgan fingerprint density at radius 2 is 1.89 bits per heavy atom. The zero-order valence-corrected chi connectivity index (χ0v) is 10.7. The average Bonchev–Trinajstić information content (AvgIpc) is 2.82. The molecule has 18 heavy (non-hydrogen) atoms. The van der Waals surface area contributed by atoms with E-state index < -0.39 is 5.97 Å². The van der Waals surface area contributed by atoms with Crippen molar-refractivity contribution in [2.75, 3.05) is 19.6 Å². The van der Waals surface area contributed by atoms with Crippen LogP contribution in [0.15, 0.2) is 0 Å². The molecule has 1 atom stereocenters. The lowest BCUT2D eigenvalue weighted by Gasteiger charge is -2.30. The first-order valence-electron chi connectivity index (χ1n) is 6.89. The van der Waals surface area contributed by atoms with Crippen LogP contribution < -0.4 is 5.32 Å². The molecule has 0 spiro atoms. The molecule has 2 fully saturated rings. The number of hydrogen-bond donors (Lipinski definition) is 2. The molecule has 2 aliphatic rings. The molecule has 2 rings (SSSR count). The van der Waals surface area contributed by atoms with Gasteiger partial charge >= 0.3 is 5.97 Å². The van der Waals surface area contributed by atoms with Crippen molar-refractivity contribution < 1.29 is 14.7 Å². The Morgan fingerprint density at radius 1 is 1.17 bits per heavy atom. The van der Waals surface area contributed by atoms with Gasteiger partial charge in [-0.25, -0.2) is 0 Å². The molecule has 102 valence electrons. The number of rotatable bonds is 4. The van der Waals surface area contributed by atoms with Gasteiger partial charge in [0.2, 0.25) is 5.91 Å². The largest absolute Gasteiger partial charge is 0.481 e. The zero-order valence-electron chi connectivity index (χ0n) is 10.7. The number of piperidine rings is 1. The number of nitrogens with zero attached hydrogens (tertiary/aromatic N) is 1. The van der Waals surface area contributed by atoms with Crippen LogP contribution in [-0.4, -0.2) is 47.6 Å². The minimum Gasteiger partial charge on any atom is -0.481 e. The van der Waals surface area contributed by atoms with Crippen LogP contribution in [0.25, 0.3) is 0 Å². The number of hydrogen-bond acceptors (Lipinski definition) is 3. The second-order valence-corrected chi connectivity index (χ2v) is 5.46. The summed E-state index contributed by atoms with van der Waals surface area (Å²) in [6, 6.07) is 0.345. The predicted molar refractivity (Wildman–Crippen MR) is 67.2 cm³/mol. The fourth-order valence-electron chi connectivity index (χ4n) is 2.95. The normalized spacial score (nSPS) is 26.1. The van der Waals surface area contributed by atoms with E-state index in [2.05, 4.69) is 5.32 Å². The number of likely N-dealkylation sites (tertiary alicyclic amines) is 1. The van der Waals surface area contributed by atoms with Gasteiger partial charge in [0.25, 0.3) is 0 Å². The molecule has 1 aliphatic heterocycles. The van der Waals surface area contributed by atoms with Crippen LogP contribution in [0, 0.1) is 5.92 Å². The molecule has 1 heterocycles. The number of aliphatic carboxylic acids is 1. The van der Waals surface area contributed by atoms with Gasteiger partial charge in [-0.1, -0.05) is 12.8 Å². The van der Waals surface area contributed by atoms with Gasteiger partial charge in [0.05, 0.1) is 12.5 Å². The molecular formula is C13H22N2O3. The maximum Gasteiger partial charge on any atom is 0.307 e. The first-order chi connectivity index (χ1) is 8.65. The van der Waals surface area contributed by atoms with E-state index in [4.69, 9.17) is 5.11 Å². The standard InChI is InChI=1S/C13H22N2O3/c16-12(14-11-5-1-2-6-11)9-15-7-3-4-10(8-15)13(17)18/h10-11H,1-9H2,(H,14,16)(H,17,18). The summed E-state index contributed by atoms with van der Waals surface area (Å²) in [6.07, 6.45) is 6.18. The van der Waals surface area contributed by atoms with Crippen molar-refractivity contribution in [2.24, 2.45) is 5.92 Å². The summed E-state index contributed by atoms with van der Waals surface area (Å²) in [5.41, 5.74) is 0. The molecule has 2 N–H and O–H groups in total. The molecule has 1 saturated heterocycles. The second kappa shape index (κ2) is 6.18. The van der Waals surface area contributed by atoms with E-state index in [0.717, 1.165) is 32.2 Å². The first-order valence-corrected chi connectivity index (χ1v) is 6.89. The molecular weight excluding hydrogens is 232 g/mol. The van der Waals surface area contributed by atoms with E-state index in [0.29, 0.717) is 19.1 Å². The van der Waals surface area contributed by atoms with Crippen LogP contribution in [0.1, 0.15) is 38.5 Å². The van der Waals surface area contributed by atoms with Crippen molar-refractivity contribution >= 4 is 11.9 Å². The molecule has 1 unspecified atom stereocenters. The number of carbonyl (C=O) groups excluding carboxylic acids is 1. The number of carboxylic acids is 1. The third-order valence-electron chi connectivity index (χ3n) is 3.94. The van der Waals surface area contributed by atoms with Crippen LogP contribution in [0.5, 0.6) is 0 Å². The SMILES string of the molecule is O=C(CN1CCCC(C(=O)O)C1)NC1CCCC1. The fraction of sp³-hybridized carbons (Fsp3) is 0.846. The Hall–Kier alpha value is -1.10. The van der Waals surface area contributed by atoms with Crippen molar-refractivity contribution in [3.8, 4) is 0 Å². The quantitative estimate of drug-likeness (QED) is 0.780. The van der Waals surface area contributed by atoms with Gasteiger partial charge in [-0.05, 0) is 32.2 Å². The Kier molecular flexibility index (Phi) is 4.58. The lowest BCUT2D eigenvalue weighted by Crippen LogP contribution is -2.46. The van der Waals surface area contributed by atoms with Gasteiger partial charge < -0.3 is 10.4 Å². The van der Waals surface area contributed by atoms with E-state index in [9.17, 15) is 9.59 Å². The zero-order chi connectivity index (χ0) is 13.0. The smallest absolute Gasteiger partial charge is 0.307 e. The van der Waals surface area contributed by atoms with Gasteiger partial charge in [-0.3, -0.25) is 14.5 Å². The topological polar surface area (TPSA) is 69.6 Å². The van der Waals surface area contributed by atoms with Crippen LogP contribution in [0.2, 0.25) is 0 Å². The molecule has 1 amide bonds. The Morgan fingerprint density at radius 3 is 2.56 bits per heavy atom. The lowest BCUT2D eigenvalue weighted by molar-refractivity contribution is -0.144. The Labute approximate surface area is 108 Å². The van der Waals surface area contributed by atoms with Crippen molar-refractivity contribution in [3.63, 3.8) is 0 Å². The molecule has 0 aromatic carbocycles. The molecule has 0 bridgehead atoms. The second-order valence-electron chi connectivity index (χ2n) is 5.46. The molecule has 5 nitrogen and oxygen atoms in total. The Balaban J connectivity index is 1.74. The monoisotopic (exact) mass is 254 g/mol. The molecule has 0 aromatic rings. The number of amides is 1. The summed E-state index contributed by atoms with van der Waals surface area (Å²) in [5.74, 6) is -0.998.